The third-order valence-corrected chi connectivity index (χ3v) is 4.29. The summed E-state index contributed by atoms with van der Waals surface area (Å²) in [6.45, 7) is 0.283. The fourth-order valence-electron chi connectivity index (χ4n) is 1.64. The predicted octanol–water partition coefficient (Wildman–Crippen LogP) is 3.94. The van der Waals surface area contributed by atoms with Gasteiger partial charge in [0.15, 0.2) is 0 Å². The maximum absolute atomic E-state index is 11.4. The Balaban J connectivity index is 2.13. The van der Waals surface area contributed by atoms with Crippen molar-refractivity contribution in [3.8, 4) is 5.75 Å². The molecule has 3 N–H and O–H groups in total. The summed E-state index contributed by atoms with van der Waals surface area (Å²) in [6.07, 6.45) is 0. The Kier molecular flexibility index (Phi) is 5.47. The van der Waals surface area contributed by atoms with E-state index in [1.54, 1.807) is 36.4 Å². The number of rotatable bonds is 4. The number of hydrogen-bond acceptors (Lipinski definition) is 3. The van der Waals surface area contributed by atoms with Crippen molar-refractivity contribution in [1.29, 1.82) is 0 Å². The van der Waals surface area contributed by atoms with E-state index in [1.807, 2.05) is 0 Å². The zero-order chi connectivity index (χ0) is 15.4. The monoisotopic (exact) mass is 388 g/mol. The van der Waals surface area contributed by atoms with Gasteiger partial charge in [-0.2, -0.15) is 0 Å². The Hall–Kier alpha value is -1.27. The molecule has 110 valence electrons. The van der Waals surface area contributed by atoms with Crippen LogP contribution in [-0.2, 0) is 6.61 Å². The zero-order valence-electron chi connectivity index (χ0n) is 10.7. The fourth-order valence-corrected chi connectivity index (χ4v) is 2.48. The Morgan fingerprint density at radius 1 is 1.29 bits per heavy atom. The van der Waals surface area contributed by atoms with Gasteiger partial charge in [0.25, 0.3) is 5.91 Å². The summed E-state index contributed by atoms with van der Waals surface area (Å²) in [5.74, 6) is 5.23. The molecular weight excluding hydrogens is 379 g/mol. The largest absolute Gasteiger partial charge is 0.487 e. The molecule has 0 bridgehead atoms. The molecule has 21 heavy (non-hydrogen) atoms. The van der Waals surface area contributed by atoms with Gasteiger partial charge in [0.1, 0.15) is 17.4 Å². The van der Waals surface area contributed by atoms with Crippen LogP contribution in [0.3, 0.4) is 0 Å². The van der Waals surface area contributed by atoms with Gasteiger partial charge in [-0.15, -0.1) is 0 Å². The van der Waals surface area contributed by atoms with E-state index in [-0.39, 0.29) is 12.5 Å². The molecule has 2 aromatic carbocycles. The Morgan fingerprint density at radius 2 is 2.05 bits per heavy atom. The summed E-state index contributed by atoms with van der Waals surface area (Å²) in [6, 6.07) is 10.3. The van der Waals surface area contributed by atoms with E-state index in [2.05, 4.69) is 21.4 Å². The summed E-state index contributed by atoms with van der Waals surface area (Å²) in [5.41, 5.74) is 3.39. The van der Waals surface area contributed by atoms with E-state index < -0.39 is 0 Å². The molecular formula is C14H11BrCl2N2O2. The van der Waals surface area contributed by atoms with Crippen molar-refractivity contribution < 1.29 is 9.53 Å². The molecule has 0 atom stereocenters. The lowest BCUT2D eigenvalue weighted by Crippen LogP contribution is -2.29. The van der Waals surface area contributed by atoms with E-state index in [0.29, 0.717) is 21.4 Å². The first-order valence-corrected chi connectivity index (χ1v) is 7.44. The molecule has 0 spiro atoms. The van der Waals surface area contributed by atoms with E-state index in [0.717, 1.165) is 10.0 Å². The third-order valence-electron chi connectivity index (χ3n) is 2.75. The highest BCUT2D eigenvalue weighted by Crippen LogP contribution is 2.32. The van der Waals surface area contributed by atoms with Crippen LogP contribution < -0.4 is 16.0 Å². The number of carbonyl (C=O) groups is 1. The summed E-state index contributed by atoms with van der Waals surface area (Å²) in [7, 11) is 0. The number of benzene rings is 2. The van der Waals surface area contributed by atoms with Crippen LogP contribution >= 0.6 is 39.1 Å². The number of ether oxygens (including phenoxy) is 1. The number of nitrogen functional groups attached to an aromatic ring is 1. The van der Waals surface area contributed by atoms with Crippen molar-refractivity contribution >= 4 is 45.0 Å². The Bertz CT molecular complexity index is 680. The molecule has 0 unspecified atom stereocenters. The normalized spacial score (nSPS) is 10.3. The second kappa shape index (κ2) is 7.13. The molecule has 0 heterocycles. The minimum absolute atomic E-state index is 0.283. The molecule has 0 radical (unpaired) electrons. The average Bonchev–Trinajstić information content (AvgIpc) is 2.49. The molecule has 7 heteroatoms. The van der Waals surface area contributed by atoms with E-state index in [4.69, 9.17) is 33.8 Å². The summed E-state index contributed by atoms with van der Waals surface area (Å²) in [4.78, 5) is 11.4. The maximum Gasteiger partial charge on any atom is 0.265 e. The van der Waals surface area contributed by atoms with Crippen LogP contribution in [0.4, 0.5) is 0 Å². The van der Waals surface area contributed by atoms with Crippen molar-refractivity contribution in [2.24, 2.45) is 5.84 Å². The highest BCUT2D eigenvalue weighted by molar-refractivity contribution is 9.10. The molecule has 0 fully saturated rings. The van der Waals surface area contributed by atoms with Crippen LogP contribution in [0.5, 0.6) is 5.75 Å². The smallest absolute Gasteiger partial charge is 0.265 e. The van der Waals surface area contributed by atoms with Gasteiger partial charge in [0.05, 0.1) is 5.02 Å². The molecule has 0 aliphatic heterocycles. The van der Waals surface area contributed by atoms with Crippen LogP contribution in [0.25, 0.3) is 0 Å². The standard InChI is InChI=1S/C14H11BrCl2N2O2/c15-10-6-8(14(20)19-18)4-5-9(10)7-21-12-3-1-2-11(16)13(12)17/h1-6H,7,18H2,(H,19,20). The minimum atomic E-state index is -0.360. The fraction of sp³-hybridized carbons (Fsp3) is 0.0714. The molecule has 2 aromatic rings. The van der Waals surface area contributed by atoms with Crippen LogP contribution in [0.1, 0.15) is 15.9 Å². The number of carbonyl (C=O) groups excluding carboxylic acids is 1. The number of nitrogens with two attached hydrogens (primary N) is 1. The Labute approximate surface area is 140 Å². The summed E-state index contributed by atoms with van der Waals surface area (Å²) < 4.78 is 6.38. The van der Waals surface area contributed by atoms with Crippen LogP contribution in [0.2, 0.25) is 10.0 Å². The molecule has 0 saturated carbocycles. The molecule has 0 aliphatic carbocycles. The Morgan fingerprint density at radius 3 is 2.71 bits per heavy atom. The van der Waals surface area contributed by atoms with E-state index in [1.165, 1.54) is 0 Å². The lowest BCUT2D eigenvalue weighted by atomic mass is 10.1. The summed E-state index contributed by atoms with van der Waals surface area (Å²) >= 11 is 15.4. The lowest BCUT2D eigenvalue weighted by molar-refractivity contribution is 0.0953. The van der Waals surface area contributed by atoms with Crippen LogP contribution in [0.15, 0.2) is 40.9 Å². The number of nitrogens with one attached hydrogen (secondary N) is 1. The van der Waals surface area contributed by atoms with E-state index >= 15 is 0 Å². The quantitative estimate of drug-likeness (QED) is 0.473. The molecule has 0 aromatic heterocycles. The minimum Gasteiger partial charge on any atom is -0.487 e. The van der Waals surface area contributed by atoms with E-state index in [9.17, 15) is 4.79 Å². The highest BCUT2D eigenvalue weighted by Gasteiger charge is 2.09. The molecule has 0 saturated heterocycles. The number of hydrazine groups is 1. The van der Waals surface area contributed by atoms with Gasteiger partial charge in [-0.1, -0.05) is 51.3 Å². The van der Waals surface area contributed by atoms with Gasteiger partial charge >= 0.3 is 0 Å². The van der Waals surface area contributed by atoms with Crippen molar-refractivity contribution in [3.05, 3.63) is 62.0 Å². The lowest BCUT2D eigenvalue weighted by Gasteiger charge is -2.11. The zero-order valence-corrected chi connectivity index (χ0v) is 13.8. The van der Waals surface area contributed by atoms with Crippen LogP contribution in [0, 0.1) is 0 Å². The van der Waals surface area contributed by atoms with Gasteiger partial charge in [-0.25, -0.2) is 5.84 Å². The SMILES string of the molecule is NNC(=O)c1ccc(COc2cccc(Cl)c2Cl)c(Br)c1. The molecule has 2 rings (SSSR count). The van der Waals surface area contributed by atoms with Crippen molar-refractivity contribution in [3.63, 3.8) is 0 Å². The second-order valence-corrected chi connectivity index (χ2v) is 5.76. The van der Waals surface area contributed by atoms with Gasteiger partial charge < -0.3 is 4.74 Å². The molecule has 0 aliphatic rings. The topological polar surface area (TPSA) is 64.3 Å². The van der Waals surface area contributed by atoms with Crippen molar-refractivity contribution in [2.75, 3.05) is 0 Å². The third kappa shape index (κ3) is 3.89. The number of hydrogen-bond donors (Lipinski definition) is 2. The molecule has 4 nitrogen and oxygen atoms in total. The molecule has 1 amide bonds. The summed E-state index contributed by atoms with van der Waals surface area (Å²) in [5, 5.41) is 0.803. The number of amides is 1. The second-order valence-electron chi connectivity index (χ2n) is 4.12. The predicted molar refractivity (Wildman–Crippen MR) is 86.6 cm³/mol. The van der Waals surface area contributed by atoms with Crippen molar-refractivity contribution in [1.82, 2.24) is 5.43 Å². The first kappa shape index (κ1) is 16.1. The van der Waals surface area contributed by atoms with Gasteiger partial charge in [-0.05, 0) is 24.3 Å². The first-order valence-electron chi connectivity index (χ1n) is 5.89. The number of halogens is 3. The van der Waals surface area contributed by atoms with Gasteiger partial charge in [-0.3, -0.25) is 10.2 Å². The first-order chi connectivity index (χ1) is 10.0. The van der Waals surface area contributed by atoms with Gasteiger partial charge in [0, 0.05) is 15.6 Å². The van der Waals surface area contributed by atoms with Gasteiger partial charge in [0.2, 0.25) is 0 Å². The van der Waals surface area contributed by atoms with Crippen molar-refractivity contribution in [2.45, 2.75) is 6.61 Å². The van der Waals surface area contributed by atoms with Crippen LogP contribution in [-0.4, -0.2) is 5.91 Å². The average molecular weight is 390 g/mol. The highest BCUT2D eigenvalue weighted by atomic mass is 79.9. The maximum atomic E-state index is 11.4.